The molecule has 0 saturated carbocycles. The fraction of sp³-hybridized carbons (Fsp3) is 0.200. The van der Waals surface area contributed by atoms with Gasteiger partial charge in [0.2, 0.25) is 5.91 Å². The van der Waals surface area contributed by atoms with Gasteiger partial charge in [0.1, 0.15) is 0 Å². The van der Waals surface area contributed by atoms with E-state index in [0.717, 1.165) is 16.7 Å². The molecule has 20 heavy (non-hydrogen) atoms. The SMILES string of the molecule is Cc1ccn(Cc2ccccc2CC(=O)NN)c(=O)c1. The molecule has 1 aromatic heterocycles. The first-order valence-electron chi connectivity index (χ1n) is 6.33. The highest BCUT2D eigenvalue weighted by Crippen LogP contribution is 2.11. The highest BCUT2D eigenvalue weighted by Gasteiger charge is 2.07. The van der Waals surface area contributed by atoms with Crippen molar-refractivity contribution in [3.05, 3.63) is 69.6 Å². The minimum atomic E-state index is -0.256. The van der Waals surface area contributed by atoms with E-state index in [1.807, 2.05) is 37.3 Å². The third kappa shape index (κ3) is 3.33. The molecule has 0 unspecified atom stereocenters. The molecule has 1 amide bonds. The molecule has 0 saturated heterocycles. The van der Waals surface area contributed by atoms with E-state index in [-0.39, 0.29) is 17.9 Å². The number of pyridine rings is 1. The van der Waals surface area contributed by atoms with Crippen LogP contribution in [-0.2, 0) is 17.8 Å². The molecule has 0 aliphatic heterocycles. The molecule has 1 aromatic carbocycles. The summed E-state index contributed by atoms with van der Waals surface area (Å²) >= 11 is 0. The predicted molar refractivity (Wildman–Crippen MR) is 77.0 cm³/mol. The zero-order valence-corrected chi connectivity index (χ0v) is 11.3. The van der Waals surface area contributed by atoms with Crippen LogP contribution in [-0.4, -0.2) is 10.5 Å². The largest absolute Gasteiger partial charge is 0.311 e. The van der Waals surface area contributed by atoms with Gasteiger partial charge in [-0.1, -0.05) is 24.3 Å². The highest BCUT2D eigenvalue weighted by atomic mass is 16.2. The molecule has 0 fully saturated rings. The molecule has 1 heterocycles. The first-order valence-corrected chi connectivity index (χ1v) is 6.33. The zero-order chi connectivity index (χ0) is 14.5. The average molecular weight is 271 g/mol. The lowest BCUT2D eigenvalue weighted by Gasteiger charge is -2.11. The Morgan fingerprint density at radius 2 is 1.95 bits per heavy atom. The first kappa shape index (κ1) is 14.0. The molecule has 2 rings (SSSR count). The molecule has 0 aliphatic rings. The lowest BCUT2D eigenvalue weighted by atomic mass is 10.0. The van der Waals surface area contributed by atoms with Crippen LogP contribution in [0.4, 0.5) is 0 Å². The van der Waals surface area contributed by atoms with Gasteiger partial charge in [0.05, 0.1) is 13.0 Å². The van der Waals surface area contributed by atoms with E-state index in [0.29, 0.717) is 6.54 Å². The molecular weight excluding hydrogens is 254 g/mol. The number of nitrogens with two attached hydrogens (primary N) is 1. The molecule has 0 radical (unpaired) electrons. The number of rotatable bonds is 4. The maximum absolute atomic E-state index is 11.9. The number of hydrogen-bond acceptors (Lipinski definition) is 3. The van der Waals surface area contributed by atoms with Gasteiger partial charge >= 0.3 is 0 Å². The van der Waals surface area contributed by atoms with Crippen molar-refractivity contribution in [1.29, 1.82) is 0 Å². The average Bonchev–Trinajstić information content (AvgIpc) is 2.43. The van der Waals surface area contributed by atoms with E-state index in [2.05, 4.69) is 5.43 Å². The van der Waals surface area contributed by atoms with Gasteiger partial charge in [-0.2, -0.15) is 0 Å². The Morgan fingerprint density at radius 3 is 2.60 bits per heavy atom. The topological polar surface area (TPSA) is 77.1 Å². The number of hydrogen-bond donors (Lipinski definition) is 2. The molecule has 104 valence electrons. The van der Waals surface area contributed by atoms with E-state index in [9.17, 15) is 9.59 Å². The van der Waals surface area contributed by atoms with E-state index < -0.39 is 0 Å². The van der Waals surface area contributed by atoms with Gasteiger partial charge in [0.25, 0.3) is 5.56 Å². The van der Waals surface area contributed by atoms with Crippen molar-refractivity contribution < 1.29 is 4.79 Å². The molecule has 0 aliphatic carbocycles. The third-order valence-corrected chi connectivity index (χ3v) is 3.12. The van der Waals surface area contributed by atoms with Crippen molar-refractivity contribution >= 4 is 5.91 Å². The number of aromatic nitrogens is 1. The number of benzene rings is 1. The molecule has 2 aromatic rings. The Balaban J connectivity index is 2.29. The van der Waals surface area contributed by atoms with Crippen LogP contribution in [0.2, 0.25) is 0 Å². The monoisotopic (exact) mass is 271 g/mol. The van der Waals surface area contributed by atoms with E-state index in [1.54, 1.807) is 16.8 Å². The maximum Gasteiger partial charge on any atom is 0.251 e. The molecule has 0 bridgehead atoms. The summed E-state index contributed by atoms with van der Waals surface area (Å²) in [5.41, 5.74) is 4.79. The summed E-state index contributed by atoms with van der Waals surface area (Å²) in [6, 6.07) is 11.0. The second-order valence-electron chi connectivity index (χ2n) is 4.68. The first-order chi connectivity index (χ1) is 9.60. The number of nitrogens with one attached hydrogen (secondary N) is 1. The summed E-state index contributed by atoms with van der Waals surface area (Å²) in [7, 11) is 0. The van der Waals surface area contributed by atoms with Crippen LogP contribution in [0.1, 0.15) is 16.7 Å². The number of carbonyl (C=O) groups is 1. The lowest BCUT2D eigenvalue weighted by molar-refractivity contribution is -0.120. The molecule has 0 atom stereocenters. The third-order valence-electron chi connectivity index (χ3n) is 3.12. The predicted octanol–water partition coefficient (Wildman–Crippen LogP) is 0.737. The molecular formula is C15H17N3O2. The van der Waals surface area contributed by atoms with Gasteiger partial charge in [-0.3, -0.25) is 15.0 Å². The highest BCUT2D eigenvalue weighted by molar-refractivity contribution is 5.78. The van der Waals surface area contributed by atoms with Gasteiger partial charge in [-0.05, 0) is 29.7 Å². The fourth-order valence-electron chi connectivity index (χ4n) is 2.03. The summed E-state index contributed by atoms with van der Waals surface area (Å²) in [6.07, 6.45) is 1.96. The summed E-state index contributed by atoms with van der Waals surface area (Å²) in [6.45, 7) is 2.32. The standard InChI is InChI=1S/C15H17N3O2/c1-11-6-7-18(15(20)8-11)10-13-5-3-2-4-12(13)9-14(19)17-16/h2-8H,9-10,16H2,1H3,(H,17,19). The second kappa shape index (κ2) is 6.16. The minimum absolute atomic E-state index is 0.0527. The Kier molecular flexibility index (Phi) is 4.32. The Labute approximate surface area is 117 Å². The summed E-state index contributed by atoms with van der Waals surface area (Å²) in [5, 5.41) is 0. The number of nitrogens with zero attached hydrogens (tertiary/aromatic N) is 1. The van der Waals surface area contributed by atoms with Crippen molar-refractivity contribution in [1.82, 2.24) is 9.99 Å². The van der Waals surface area contributed by atoms with Crippen molar-refractivity contribution in [3.63, 3.8) is 0 Å². The fourth-order valence-corrected chi connectivity index (χ4v) is 2.03. The Morgan fingerprint density at radius 1 is 1.25 bits per heavy atom. The van der Waals surface area contributed by atoms with Gasteiger partial charge in [0.15, 0.2) is 0 Å². The number of aryl methyl sites for hydroxylation is 1. The van der Waals surface area contributed by atoms with Crippen LogP contribution in [0.15, 0.2) is 47.4 Å². The van der Waals surface area contributed by atoms with Crippen LogP contribution >= 0.6 is 0 Å². The molecule has 0 spiro atoms. The number of carbonyl (C=O) groups excluding carboxylic acids is 1. The van der Waals surface area contributed by atoms with Crippen molar-refractivity contribution in [2.24, 2.45) is 5.84 Å². The normalized spacial score (nSPS) is 10.3. The van der Waals surface area contributed by atoms with E-state index in [1.165, 1.54) is 0 Å². The molecule has 5 heteroatoms. The number of amides is 1. The van der Waals surface area contributed by atoms with Gasteiger partial charge in [-0.15, -0.1) is 0 Å². The summed E-state index contributed by atoms with van der Waals surface area (Å²) < 4.78 is 1.62. The Bertz CT molecular complexity index is 677. The van der Waals surface area contributed by atoms with Crippen LogP contribution in [0, 0.1) is 6.92 Å². The maximum atomic E-state index is 11.9. The second-order valence-corrected chi connectivity index (χ2v) is 4.68. The lowest BCUT2D eigenvalue weighted by Crippen LogP contribution is -2.31. The Hall–Kier alpha value is -2.40. The van der Waals surface area contributed by atoms with Crippen LogP contribution in [0.25, 0.3) is 0 Å². The summed E-state index contributed by atoms with van der Waals surface area (Å²) in [4.78, 5) is 23.3. The van der Waals surface area contributed by atoms with E-state index >= 15 is 0 Å². The summed E-state index contributed by atoms with van der Waals surface area (Å²) in [5.74, 6) is 4.85. The van der Waals surface area contributed by atoms with Crippen LogP contribution in [0.3, 0.4) is 0 Å². The van der Waals surface area contributed by atoms with Crippen LogP contribution < -0.4 is 16.8 Å². The quantitative estimate of drug-likeness (QED) is 0.489. The smallest absolute Gasteiger partial charge is 0.251 e. The molecule has 5 nitrogen and oxygen atoms in total. The number of hydrazine groups is 1. The van der Waals surface area contributed by atoms with Gasteiger partial charge in [-0.25, -0.2) is 5.84 Å². The van der Waals surface area contributed by atoms with Gasteiger partial charge < -0.3 is 4.57 Å². The minimum Gasteiger partial charge on any atom is -0.311 e. The van der Waals surface area contributed by atoms with Crippen LogP contribution in [0.5, 0.6) is 0 Å². The van der Waals surface area contributed by atoms with Crippen molar-refractivity contribution in [2.75, 3.05) is 0 Å². The van der Waals surface area contributed by atoms with Crippen molar-refractivity contribution in [3.8, 4) is 0 Å². The van der Waals surface area contributed by atoms with E-state index in [4.69, 9.17) is 5.84 Å². The van der Waals surface area contributed by atoms with Crippen molar-refractivity contribution in [2.45, 2.75) is 19.9 Å². The molecule has 3 N–H and O–H groups in total. The zero-order valence-electron chi connectivity index (χ0n) is 11.3. The van der Waals surface area contributed by atoms with Gasteiger partial charge in [0, 0.05) is 12.3 Å².